The van der Waals surface area contributed by atoms with Crippen molar-refractivity contribution >= 4 is 0 Å². The average molecular weight is 263 g/mol. The lowest BCUT2D eigenvalue weighted by Gasteiger charge is -2.41. The van der Waals surface area contributed by atoms with Gasteiger partial charge in [-0.2, -0.15) is 0 Å². The summed E-state index contributed by atoms with van der Waals surface area (Å²) in [5.74, 6) is 2.18. The maximum atomic E-state index is 6.21. The molecule has 1 aromatic heterocycles. The minimum atomic E-state index is -0.0578. The maximum absolute atomic E-state index is 6.21. The molecule has 0 saturated carbocycles. The Labute approximate surface area is 113 Å². The van der Waals surface area contributed by atoms with Crippen LogP contribution >= 0.6 is 0 Å². The highest BCUT2D eigenvalue weighted by atomic mass is 16.7. The Hall–Kier alpha value is -0.870. The van der Waals surface area contributed by atoms with E-state index in [9.17, 15) is 0 Å². The van der Waals surface area contributed by atoms with Crippen molar-refractivity contribution in [2.45, 2.75) is 57.3 Å². The fourth-order valence-electron chi connectivity index (χ4n) is 4.11. The Morgan fingerprint density at radius 1 is 1.37 bits per heavy atom. The Kier molecular flexibility index (Phi) is 2.55. The van der Waals surface area contributed by atoms with Gasteiger partial charge < -0.3 is 14.0 Å². The predicted molar refractivity (Wildman–Crippen MR) is 68.7 cm³/mol. The molecule has 5 atom stereocenters. The monoisotopic (exact) mass is 263 g/mol. The van der Waals surface area contributed by atoms with E-state index in [0.717, 1.165) is 31.6 Å². The second kappa shape index (κ2) is 4.06. The first-order chi connectivity index (χ1) is 9.19. The molecule has 0 spiro atoms. The summed E-state index contributed by atoms with van der Waals surface area (Å²) in [6.07, 6.45) is 6.57. The normalized spacial score (nSPS) is 45.2. The number of hydrogen-bond acceptors (Lipinski definition) is 4. The molecule has 2 saturated heterocycles. The van der Waals surface area contributed by atoms with Crippen LogP contribution in [0.4, 0.5) is 0 Å². The Balaban J connectivity index is 1.69. The van der Waals surface area contributed by atoms with Gasteiger partial charge in [0.05, 0.1) is 24.3 Å². The minimum Gasteiger partial charge on any atom is -0.360 e. The Morgan fingerprint density at radius 3 is 3.11 bits per heavy atom. The zero-order valence-electron chi connectivity index (χ0n) is 11.6. The van der Waals surface area contributed by atoms with E-state index in [-0.39, 0.29) is 17.8 Å². The molecule has 0 aromatic carbocycles. The lowest BCUT2D eigenvalue weighted by atomic mass is 9.64. The maximum Gasteiger partial charge on any atom is 0.160 e. The summed E-state index contributed by atoms with van der Waals surface area (Å²) in [6.45, 7) is 5.44. The van der Waals surface area contributed by atoms with E-state index in [1.807, 2.05) is 6.20 Å². The summed E-state index contributed by atoms with van der Waals surface area (Å²) >= 11 is 0. The van der Waals surface area contributed by atoms with Gasteiger partial charge >= 0.3 is 0 Å². The van der Waals surface area contributed by atoms with Gasteiger partial charge in [0.15, 0.2) is 6.29 Å². The first-order valence-electron chi connectivity index (χ1n) is 7.40. The predicted octanol–water partition coefficient (Wildman–Crippen LogP) is 2.67. The highest BCUT2D eigenvalue weighted by molar-refractivity contribution is 5.29. The number of ether oxygens (including phenoxy) is 2. The minimum absolute atomic E-state index is 0.0160. The van der Waals surface area contributed by atoms with Crippen molar-refractivity contribution in [3.8, 4) is 0 Å². The van der Waals surface area contributed by atoms with Gasteiger partial charge in [-0.1, -0.05) is 12.1 Å². The quantitative estimate of drug-likeness (QED) is 0.781. The van der Waals surface area contributed by atoms with Crippen molar-refractivity contribution < 1.29 is 14.0 Å². The van der Waals surface area contributed by atoms with Gasteiger partial charge in [0.1, 0.15) is 5.76 Å². The van der Waals surface area contributed by atoms with Crippen LogP contribution in [0.15, 0.2) is 10.7 Å². The van der Waals surface area contributed by atoms with Crippen molar-refractivity contribution in [3.05, 3.63) is 17.5 Å². The molecule has 104 valence electrons. The van der Waals surface area contributed by atoms with Gasteiger partial charge in [-0.3, -0.25) is 0 Å². The van der Waals surface area contributed by atoms with Crippen LogP contribution in [0.25, 0.3) is 0 Å². The van der Waals surface area contributed by atoms with Crippen LogP contribution in [0.2, 0.25) is 0 Å². The summed E-state index contributed by atoms with van der Waals surface area (Å²) in [5.41, 5.74) is 1.21. The number of hydrogen-bond donors (Lipinski definition) is 0. The van der Waals surface area contributed by atoms with Gasteiger partial charge in [-0.15, -0.1) is 0 Å². The topological polar surface area (TPSA) is 44.5 Å². The van der Waals surface area contributed by atoms with Gasteiger partial charge in [0.25, 0.3) is 0 Å². The van der Waals surface area contributed by atoms with E-state index in [1.54, 1.807) is 0 Å². The standard InChI is InChI=1S/C15H21NO3/c1-9-3-4-11-8-16-19-13(11)15(9,2)12-7-10-5-6-17-14(10)18-12/h8-10,12,14H,3-7H2,1-2H3/t9-,10+,12-,14-,15-/m1/s1. The molecule has 19 heavy (non-hydrogen) atoms. The third-order valence-corrected chi connectivity index (χ3v) is 5.64. The Bertz CT molecular complexity index is 473. The van der Waals surface area contributed by atoms with Crippen LogP contribution < -0.4 is 0 Å². The summed E-state index contributed by atoms with van der Waals surface area (Å²) in [6, 6.07) is 0. The summed E-state index contributed by atoms with van der Waals surface area (Å²) in [4.78, 5) is 0. The molecular formula is C15H21NO3. The molecule has 2 aliphatic heterocycles. The van der Waals surface area contributed by atoms with Crippen molar-refractivity contribution in [2.24, 2.45) is 11.8 Å². The molecule has 4 nitrogen and oxygen atoms in total. The van der Waals surface area contributed by atoms with E-state index in [1.165, 1.54) is 12.0 Å². The molecule has 2 fully saturated rings. The molecule has 0 unspecified atom stereocenters. The smallest absolute Gasteiger partial charge is 0.160 e. The Morgan fingerprint density at radius 2 is 2.26 bits per heavy atom. The summed E-state index contributed by atoms with van der Waals surface area (Å²) < 4.78 is 17.5. The van der Waals surface area contributed by atoms with Crippen LogP contribution in [0, 0.1) is 11.8 Å². The van der Waals surface area contributed by atoms with Crippen molar-refractivity contribution in [1.29, 1.82) is 0 Å². The largest absolute Gasteiger partial charge is 0.360 e. The molecule has 1 aliphatic carbocycles. The molecule has 3 heterocycles. The molecular weight excluding hydrogens is 242 g/mol. The fourth-order valence-corrected chi connectivity index (χ4v) is 4.11. The highest BCUT2D eigenvalue weighted by Gasteiger charge is 2.54. The van der Waals surface area contributed by atoms with E-state index < -0.39 is 0 Å². The molecule has 0 radical (unpaired) electrons. The van der Waals surface area contributed by atoms with Gasteiger partial charge in [-0.05, 0) is 38.5 Å². The van der Waals surface area contributed by atoms with Gasteiger partial charge in [0, 0.05) is 11.5 Å². The second-order valence-electron chi connectivity index (χ2n) is 6.55. The number of aryl methyl sites for hydroxylation is 1. The zero-order chi connectivity index (χ0) is 13.0. The molecule has 1 aromatic rings. The van der Waals surface area contributed by atoms with Crippen LogP contribution in [0.5, 0.6) is 0 Å². The number of aromatic nitrogens is 1. The molecule has 0 bridgehead atoms. The molecule has 3 aliphatic rings. The summed E-state index contributed by atoms with van der Waals surface area (Å²) in [7, 11) is 0. The fraction of sp³-hybridized carbons (Fsp3) is 0.800. The third kappa shape index (κ3) is 1.56. The third-order valence-electron chi connectivity index (χ3n) is 5.64. The molecule has 4 heteroatoms. The van der Waals surface area contributed by atoms with Gasteiger partial charge in [-0.25, -0.2) is 0 Å². The summed E-state index contributed by atoms with van der Waals surface area (Å²) in [5, 5.41) is 4.02. The van der Waals surface area contributed by atoms with Crippen LogP contribution in [-0.4, -0.2) is 24.2 Å². The van der Waals surface area contributed by atoms with E-state index >= 15 is 0 Å². The van der Waals surface area contributed by atoms with Crippen molar-refractivity contribution in [1.82, 2.24) is 5.16 Å². The van der Waals surface area contributed by atoms with Gasteiger partial charge in [0.2, 0.25) is 0 Å². The van der Waals surface area contributed by atoms with E-state index in [0.29, 0.717) is 11.8 Å². The zero-order valence-corrected chi connectivity index (χ0v) is 11.6. The second-order valence-corrected chi connectivity index (χ2v) is 6.55. The van der Waals surface area contributed by atoms with Crippen LogP contribution in [0.3, 0.4) is 0 Å². The number of fused-ring (bicyclic) bond motifs is 2. The number of nitrogens with zero attached hydrogens (tertiary/aromatic N) is 1. The number of rotatable bonds is 1. The average Bonchev–Trinajstić information content (AvgIpc) is 3.07. The van der Waals surface area contributed by atoms with Crippen molar-refractivity contribution in [3.63, 3.8) is 0 Å². The molecule has 0 amide bonds. The molecule has 4 rings (SSSR count). The molecule has 0 N–H and O–H groups in total. The SMILES string of the molecule is C[C@@H]1CCc2cnoc2[C@@]1(C)[C@H]1C[C@@H]2CCO[C@@H]2O1. The highest BCUT2D eigenvalue weighted by Crippen LogP contribution is 2.50. The van der Waals surface area contributed by atoms with Crippen LogP contribution in [-0.2, 0) is 21.3 Å². The van der Waals surface area contributed by atoms with E-state index in [4.69, 9.17) is 14.0 Å². The van der Waals surface area contributed by atoms with Crippen molar-refractivity contribution in [2.75, 3.05) is 6.61 Å². The lowest BCUT2D eigenvalue weighted by molar-refractivity contribution is -0.140. The first kappa shape index (κ1) is 11.9. The lowest BCUT2D eigenvalue weighted by Crippen LogP contribution is -2.45. The van der Waals surface area contributed by atoms with E-state index in [2.05, 4.69) is 19.0 Å². The first-order valence-corrected chi connectivity index (χ1v) is 7.40. The van der Waals surface area contributed by atoms with Crippen LogP contribution in [0.1, 0.15) is 44.4 Å².